The number of H-pyrrole nitrogens is 1. The van der Waals surface area contributed by atoms with Crippen LogP contribution in [0.2, 0.25) is 0 Å². The largest absolute Gasteiger partial charge is 0.454 e. The van der Waals surface area contributed by atoms with Gasteiger partial charge >= 0.3 is 0 Å². The normalized spacial score (nSPS) is 20.3. The van der Waals surface area contributed by atoms with Gasteiger partial charge in [0.05, 0.1) is 11.5 Å². The summed E-state index contributed by atoms with van der Waals surface area (Å²) in [6.07, 6.45) is 3.19. The molecular formula is C26H23N3O4S. The maximum Gasteiger partial charge on any atom is 0.257 e. The Hall–Kier alpha value is -3.52. The number of aromatic nitrogens is 2. The molecule has 1 aromatic heterocycles. The molecular weight excluding hydrogens is 450 g/mol. The molecule has 0 saturated carbocycles. The molecule has 0 spiro atoms. The second-order valence-corrected chi connectivity index (χ2v) is 9.73. The van der Waals surface area contributed by atoms with E-state index < -0.39 is 11.8 Å². The number of carbonyl (C=O) groups excluding carboxylic acids is 1. The van der Waals surface area contributed by atoms with Crippen LogP contribution in [0.5, 0.6) is 11.5 Å². The first kappa shape index (κ1) is 21.0. The number of nitrogens with zero attached hydrogens (tertiary/aromatic N) is 1. The van der Waals surface area contributed by atoms with E-state index in [1.807, 2.05) is 18.2 Å². The molecule has 0 amide bonds. The summed E-state index contributed by atoms with van der Waals surface area (Å²) in [5, 5.41) is 3.85. The third-order valence-electron chi connectivity index (χ3n) is 6.53. The van der Waals surface area contributed by atoms with Gasteiger partial charge in [0.1, 0.15) is 11.6 Å². The van der Waals surface area contributed by atoms with Crippen LogP contribution in [0.15, 0.2) is 64.2 Å². The Morgan fingerprint density at radius 2 is 1.88 bits per heavy atom. The second-order valence-electron chi connectivity index (χ2n) is 8.77. The van der Waals surface area contributed by atoms with E-state index in [2.05, 4.69) is 47.6 Å². The number of aryl methyl sites for hydroxylation is 1. The number of ketones is 1. The molecule has 3 aromatic rings. The van der Waals surface area contributed by atoms with Gasteiger partial charge in [-0.2, -0.15) is 0 Å². The van der Waals surface area contributed by atoms with Crippen LogP contribution < -0.4 is 20.3 Å². The summed E-state index contributed by atoms with van der Waals surface area (Å²) in [4.78, 5) is 34.2. The smallest absolute Gasteiger partial charge is 0.257 e. The lowest BCUT2D eigenvalue weighted by molar-refractivity contribution is -0.122. The zero-order valence-corrected chi connectivity index (χ0v) is 19.4. The number of allylic oxidation sites excluding steroid dienone is 2. The first-order valence-corrected chi connectivity index (χ1v) is 12.3. The Labute approximate surface area is 200 Å². The van der Waals surface area contributed by atoms with Crippen molar-refractivity contribution in [2.75, 3.05) is 12.1 Å². The number of aromatic amines is 1. The van der Waals surface area contributed by atoms with E-state index in [1.54, 1.807) is 0 Å². The van der Waals surface area contributed by atoms with Crippen LogP contribution in [-0.4, -0.2) is 22.5 Å². The van der Waals surface area contributed by atoms with Gasteiger partial charge in [-0.15, -0.1) is 0 Å². The number of benzene rings is 2. The van der Waals surface area contributed by atoms with Crippen molar-refractivity contribution >= 4 is 23.4 Å². The zero-order valence-electron chi connectivity index (χ0n) is 18.6. The minimum atomic E-state index is -0.449. The third-order valence-corrected chi connectivity index (χ3v) is 7.47. The molecule has 2 aliphatic heterocycles. The summed E-state index contributed by atoms with van der Waals surface area (Å²) < 4.78 is 11.0. The van der Waals surface area contributed by atoms with Crippen molar-refractivity contribution in [3.8, 4) is 11.5 Å². The molecule has 34 heavy (non-hydrogen) atoms. The summed E-state index contributed by atoms with van der Waals surface area (Å²) in [5.74, 6) is 1.72. The van der Waals surface area contributed by atoms with Crippen LogP contribution in [-0.2, 0) is 10.5 Å². The van der Waals surface area contributed by atoms with Crippen LogP contribution >= 0.6 is 11.8 Å². The molecule has 0 radical (unpaired) electrons. The van der Waals surface area contributed by atoms with E-state index in [0.717, 1.165) is 16.8 Å². The Morgan fingerprint density at radius 3 is 2.74 bits per heavy atom. The molecule has 0 fully saturated rings. The highest BCUT2D eigenvalue weighted by Gasteiger charge is 2.42. The Kier molecular flexibility index (Phi) is 5.17. The van der Waals surface area contributed by atoms with Crippen LogP contribution in [0.3, 0.4) is 0 Å². The topological polar surface area (TPSA) is 93.3 Å². The van der Waals surface area contributed by atoms with E-state index in [-0.39, 0.29) is 18.1 Å². The molecule has 8 heteroatoms. The summed E-state index contributed by atoms with van der Waals surface area (Å²) in [7, 11) is 0. The van der Waals surface area contributed by atoms with Gasteiger partial charge in [-0.3, -0.25) is 9.59 Å². The molecule has 0 saturated heterocycles. The van der Waals surface area contributed by atoms with Gasteiger partial charge in [0.2, 0.25) is 6.79 Å². The fourth-order valence-corrected chi connectivity index (χ4v) is 5.66. The van der Waals surface area contributed by atoms with Crippen molar-refractivity contribution in [1.82, 2.24) is 9.97 Å². The quantitative estimate of drug-likeness (QED) is 0.425. The number of Topliss-reactive ketones (excluding diaryl/α,β-unsaturated/α-hetero) is 1. The van der Waals surface area contributed by atoms with Gasteiger partial charge in [-0.25, -0.2) is 4.98 Å². The summed E-state index contributed by atoms with van der Waals surface area (Å²) in [5.41, 5.74) is 4.27. The van der Waals surface area contributed by atoms with Crippen molar-refractivity contribution in [3.05, 3.63) is 86.8 Å². The van der Waals surface area contributed by atoms with Crippen molar-refractivity contribution in [1.29, 1.82) is 0 Å². The molecule has 2 aromatic carbocycles. The molecule has 3 heterocycles. The number of anilines is 1. The Morgan fingerprint density at radius 1 is 1.06 bits per heavy atom. The fraction of sp³-hybridized carbons (Fsp3) is 0.269. The Bertz CT molecular complexity index is 1380. The molecule has 7 nitrogen and oxygen atoms in total. The van der Waals surface area contributed by atoms with E-state index in [9.17, 15) is 9.59 Å². The van der Waals surface area contributed by atoms with Crippen LogP contribution in [0.25, 0.3) is 0 Å². The second kappa shape index (κ2) is 8.36. The number of hydrogen-bond acceptors (Lipinski definition) is 7. The highest BCUT2D eigenvalue weighted by molar-refractivity contribution is 7.98. The average molecular weight is 474 g/mol. The molecule has 3 aliphatic rings. The van der Waals surface area contributed by atoms with Crippen molar-refractivity contribution in [3.63, 3.8) is 0 Å². The zero-order chi connectivity index (χ0) is 23.2. The van der Waals surface area contributed by atoms with Crippen molar-refractivity contribution in [2.45, 2.75) is 36.6 Å². The minimum absolute atomic E-state index is 0.121. The lowest BCUT2D eigenvalue weighted by atomic mass is 9.72. The average Bonchev–Trinajstić information content (AvgIpc) is 3.30. The van der Waals surface area contributed by atoms with Crippen LogP contribution in [0.4, 0.5) is 5.82 Å². The van der Waals surface area contributed by atoms with Gasteiger partial charge in [-0.1, -0.05) is 53.7 Å². The van der Waals surface area contributed by atoms with E-state index in [4.69, 9.17) is 14.5 Å². The lowest BCUT2D eigenvalue weighted by Gasteiger charge is -2.36. The maximum absolute atomic E-state index is 13.4. The van der Waals surface area contributed by atoms with E-state index in [1.165, 1.54) is 17.3 Å². The predicted molar refractivity (Wildman–Crippen MR) is 129 cm³/mol. The van der Waals surface area contributed by atoms with Gasteiger partial charge in [-0.05, 0) is 36.6 Å². The third kappa shape index (κ3) is 3.68. The molecule has 2 atom stereocenters. The number of hydrogen-bond donors (Lipinski definition) is 2. The minimum Gasteiger partial charge on any atom is -0.454 e. The van der Waals surface area contributed by atoms with Crippen LogP contribution in [0.1, 0.15) is 41.0 Å². The van der Waals surface area contributed by atoms with E-state index >= 15 is 0 Å². The standard InChI is InChI=1S/C26H23N3O4S/c1-14-5-7-15(8-6-14)12-34-26-28-24-23(25(31)29-26)21(22-17(27-24)3-2-4-18(22)30)16-9-10-19-20(11-16)33-13-32-19/h3,5-11,21-22H,2,4,12-13H2,1H3,(H2,27,28,29,31)/t21-,22-/m1/s1. The number of thioether (sulfide) groups is 1. The number of nitrogens with one attached hydrogen (secondary N) is 2. The van der Waals surface area contributed by atoms with Gasteiger partial charge in [0.25, 0.3) is 5.56 Å². The molecule has 6 rings (SSSR count). The van der Waals surface area contributed by atoms with Crippen molar-refractivity contribution < 1.29 is 14.3 Å². The SMILES string of the molecule is Cc1ccc(CSc2nc3c(c(=O)[nH]2)[C@H](c2ccc4c(c2)OCO4)[C@H]2C(=O)CCC=C2N3)cc1. The fourth-order valence-electron chi connectivity index (χ4n) is 4.84. The monoisotopic (exact) mass is 473 g/mol. The van der Waals surface area contributed by atoms with Crippen molar-refractivity contribution in [2.24, 2.45) is 5.92 Å². The van der Waals surface area contributed by atoms with E-state index in [0.29, 0.717) is 46.6 Å². The van der Waals surface area contributed by atoms with Gasteiger partial charge in [0.15, 0.2) is 16.7 Å². The molecule has 0 unspecified atom stereocenters. The Balaban J connectivity index is 1.40. The lowest BCUT2D eigenvalue weighted by Crippen LogP contribution is -2.38. The number of rotatable bonds is 4. The summed E-state index contributed by atoms with van der Waals surface area (Å²) in [6.45, 7) is 2.22. The first-order valence-electron chi connectivity index (χ1n) is 11.3. The highest BCUT2D eigenvalue weighted by atomic mass is 32.2. The molecule has 172 valence electrons. The highest BCUT2D eigenvalue weighted by Crippen LogP contribution is 2.47. The number of fused-ring (bicyclic) bond motifs is 3. The van der Waals surface area contributed by atoms with Crippen LogP contribution in [0, 0.1) is 12.8 Å². The number of carbonyl (C=O) groups is 1. The molecule has 0 bridgehead atoms. The number of ether oxygens (including phenoxy) is 2. The van der Waals surface area contributed by atoms with Gasteiger partial charge in [0, 0.05) is 23.8 Å². The molecule has 1 aliphatic carbocycles. The first-order chi connectivity index (χ1) is 16.6. The summed E-state index contributed by atoms with van der Waals surface area (Å²) in [6, 6.07) is 13.9. The predicted octanol–water partition coefficient (Wildman–Crippen LogP) is 4.52. The maximum atomic E-state index is 13.4. The molecule has 2 N–H and O–H groups in total. The van der Waals surface area contributed by atoms with Gasteiger partial charge < -0.3 is 19.8 Å². The summed E-state index contributed by atoms with van der Waals surface area (Å²) >= 11 is 1.48.